The first-order valence-electron chi connectivity index (χ1n) is 5.76. The number of hydrogen-bond acceptors (Lipinski definition) is 3. The second-order valence-corrected chi connectivity index (χ2v) is 4.09. The minimum absolute atomic E-state index is 0.205. The van der Waals surface area contributed by atoms with Crippen molar-refractivity contribution >= 4 is 28.9 Å². The fraction of sp³-hybridized carbons (Fsp3) is 0.143. The minimum Gasteiger partial charge on any atom is -0.464 e. The Morgan fingerprint density at radius 2 is 2.16 bits per heavy atom. The third-order valence-electron chi connectivity index (χ3n) is 2.68. The number of ether oxygens (including phenoxy) is 1. The summed E-state index contributed by atoms with van der Waals surface area (Å²) >= 11 is 0. The highest BCUT2D eigenvalue weighted by Crippen LogP contribution is 2.18. The zero-order valence-corrected chi connectivity index (χ0v) is 10.5. The number of rotatable bonds is 4. The zero-order valence-electron chi connectivity index (χ0n) is 10.5. The van der Waals surface area contributed by atoms with Crippen LogP contribution in [0, 0.1) is 0 Å². The molecule has 2 rings (SSSR count). The van der Waals surface area contributed by atoms with Gasteiger partial charge in [-0.15, -0.1) is 0 Å². The van der Waals surface area contributed by atoms with E-state index in [-0.39, 0.29) is 12.3 Å². The second-order valence-electron chi connectivity index (χ2n) is 4.09. The Morgan fingerprint density at radius 1 is 1.37 bits per heavy atom. The van der Waals surface area contributed by atoms with Crippen LogP contribution in [0.3, 0.4) is 0 Å². The Bertz CT molecular complexity index is 656. The number of nitrogens with two attached hydrogens (primary N) is 1. The molecule has 1 heterocycles. The molecule has 0 radical (unpaired) electrons. The third kappa shape index (κ3) is 3.01. The molecule has 0 atom stereocenters. The van der Waals surface area contributed by atoms with Gasteiger partial charge in [0, 0.05) is 17.3 Å². The first-order chi connectivity index (χ1) is 9.10. The van der Waals surface area contributed by atoms with E-state index in [1.54, 1.807) is 12.1 Å². The maximum absolute atomic E-state index is 11.4. The summed E-state index contributed by atoms with van der Waals surface area (Å²) in [6.45, 7) is 0. The largest absolute Gasteiger partial charge is 0.464 e. The first kappa shape index (κ1) is 12.9. The van der Waals surface area contributed by atoms with Crippen LogP contribution in [0.15, 0.2) is 30.3 Å². The van der Waals surface area contributed by atoms with Crippen LogP contribution in [-0.2, 0) is 9.53 Å². The van der Waals surface area contributed by atoms with Gasteiger partial charge in [0.2, 0.25) is 5.91 Å². The molecule has 0 spiro atoms. The highest BCUT2D eigenvalue weighted by molar-refractivity contribution is 5.95. The maximum Gasteiger partial charge on any atom is 0.354 e. The molecular formula is C14H14N2O3. The van der Waals surface area contributed by atoms with Crippen molar-refractivity contribution in [1.82, 2.24) is 4.98 Å². The van der Waals surface area contributed by atoms with E-state index in [1.165, 1.54) is 7.11 Å². The number of hydrogen-bond donors (Lipinski definition) is 2. The van der Waals surface area contributed by atoms with Crippen LogP contribution >= 0.6 is 0 Å². The van der Waals surface area contributed by atoms with Crippen LogP contribution in [0.5, 0.6) is 0 Å². The smallest absolute Gasteiger partial charge is 0.354 e. The molecule has 2 aromatic rings. The van der Waals surface area contributed by atoms with E-state index in [4.69, 9.17) is 5.73 Å². The lowest BCUT2D eigenvalue weighted by atomic mass is 10.1. The molecule has 0 fully saturated rings. The summed E-state index contributed by atoms with van der Waals surface area (Å²) in [6, 6.07) is 7.41. The van der Waals surface area contributed by atoms with Crippen LogP contribution in [0.25, 0.3) is 17.0 Å². The predicted octanol–water partition coefficient (Wildman–Crippen LogP) is 1.84. The summed E-state index contributed by atoms with van der Waals surface area (Å²) in [5, 5.41) is 0.924. The number of nitrogens with one attached hydrogen (secondary N) is 1. The number of aromatic nitrogens is 1. The summed E-state index contributed by atoms with van der Waals surface area (Å²) in [5.74, 6) is -0.771. The molecule has 0 bridgehead atoms. The molecule has 0 saturated carbocycles. The minimum atomic E-state index is -0.401. The zero-order chi connectivity index (χ0) is 13.8. The fourth-order valence-electron chi connectivity index (χ4n) is 1.78. The highest BCUT2D eigenvalue weighted by Gasteiger charge is 2.08. The van der Waals surface area contributed by atoms with E-state index in [2.05, 4.69) is 9.72 Å². The summed E-state index contributed by atoms with van der Waals surface area (Å²) in [4.78, 5) is 25.0. The monoisotopic (exact) mass is 258 g/mol. The van der Waals surface area contributed by atoms with Crippen LogP contribution < -0.4 is 5.73 Å². The van der Waals surface area contributed by atoms with Gasteiger partial charge >= 0.3 is 5.97 Å². The van der Waals surface area contributed by atoms with Crippen LogP contribution in [0.4, 0.5) is 0 Å². The number of carbonyl (C=O) groups excluding carboxylic acids is 2. The van der Waals surface area contributed by atoms with E-state index in [0.29, 0.717) is 5.69 Å². The quantitative estimate of drug-likeness (QED) is 0.820. The van der Waals surface area contributed by atoms with Crippen LogP contribution in [0.2, 0.25) is 0 Å². The van der Waals surface area contributed by atoms with Gasteiger partial charge in [-0.05, 0) is 17.7 Å². The number of carbonyl (C=O) groups is 2. The molecule has 5 nitrogen and oxygen atoms in total. The molecule has 3 N–H and O–H groups in total. The van der Waals surface area contributed by atoms with Gasteiger partial charge in [-0.2, -0.15) is 0 Å². The third-order valence-corrected chi connectivity index (χ3v) is 2.68. The molecule has 1 aromatic heterocycles. The van der Waals surface area contributed by atoms with Crippen molar-refractivity contribution in [3.05, 3.63) is 41.6 Å². The Kier molecular flexibility index (Phi) is 3.66. The van der Waals surface area contributed by atoms with Crippen molar-refractivity contribution in [2.75, 3.05) is 7.11 Å². The SMILES string of the molecule is COC(=O)c1cc2ccc(C=CCC(N)=O)cc2[nH]1. The summed E-state index contributed by atoms with van der Waals surface area (Å²) in [7, 11) is 1.34. The van der Waals surface area contributed by atoms with E-state index in [9.17, 15) is 9.59 Å². The highest BCUT2D eigenvalue weighted by atomic mass is 16.5. The van der Waals surface area contributed by atoms with Crippen molar-refractivity contribution in [1.29, 1.82) is 0 Å². The van der Waals surface area contributed by atoms with Gasteiger partial charge in [-0.25, -0.2) is 4.79 Å². The van der Waals surface area contributed by atoms with Crippen molar-refractivity contribution in [2.24, 2.45) is 5.73 Å². The van der Waals surface area contributed by atoms with Gasteiger partial charge in [-0.3, -0.25) is 4.79 Å². The molecule has 0 unspecified atom stereocenters. The average Bonchev–Trinajstić information content (AvgIpc) is 2.80. The molecule has 0 saturated heterocycles. The average molecular weight is 258 g/mol. The number of fused-ring (bicyclic) bond motifs is 1. The van der Waals surface area contributed by atoms with Crippen LogP contribution in [-0.4, -0.2) is 24.0 Å². The van der Waals surface area contributed by atoms with Gasteiger partial charge in [0.1, 0.15) is 5.69 Å². The molecule has 0 aliphatic carbocycles. The lowest BCUT2D eigenvalue weighted by Crippen LogP contribution is -2.07. The molecule has 1 aromatic carbocycles. The molecule has 98 valence electrons. The second kappa shape index (κ2) is 5.39. The molecular weight excluding hydrogens is 244 g/mol. The van der Waals surface area contributed by atoms with Gasteiger partial charge in [0.15, 0.2) is 0 Å². The lowest BCUT2D eigenvalue weighted by molar-refractivity contribution is -0.117. The van der Waals surface area contributed by atoms with Gasteiger partial charge < -0.3 is 15.5 Å². The number of H-pyrrole nitrogens is 1. The normalized spacial score (nSPS) is 11.0. The Morgan fingerprint density at radius 3 is 2.84 bits per heavy atom. The Labute approximate surface area is 110 Å². The molecule has 1 amide bonds. The van der Waals surface area contributed by atoms with Gasteiger partial charge in [-0.1, -0.05) is 24.3 Å². The Hall–Kier alpha value is -2.56. The van der Waals surface area contributed by atoms with Crippen LogP contribution in [0.1, 0.15) is 22.5 Å². The number of amides is 1. The van der Waals surface area contributed by atoms with Crippen molar-refractivity contribution in [3.63, 3.8) is 0 Å². The van der Waals surface area contributed by atoms with E-state index >= 15 is 0 Å². The van der Waals surface area contributed by atoms with Gasteiger partial charge in [0.25, 0.3) is 0 Å². The molecule has 0 aliphatic heterocycles. The number of primary amides is 1. The van der Waals surface area contributed by atoms with E-state index in [0.717, 1.165) is 16.5 Å². The topological polar surface area (TPSA) is 85.2 Å². The summed E-state index contributed by atoms with van der Waals surface area (Å²) < 4.78 is 4.65. The molecule has 5 heteroatoms. The van der Waals surface area contributed by atoms with Crippen molar-refractivity contribution < 1.29 is 14.3 Å². The summed E-state index contributed by atoms with van der Waals surface area (Å²) in [5.41, 5.74) is 7.22. The number of methoxy groups -OCH3 is 1. The van der Waals surface area contributed by atoms with Crippen molar-refractivity contribution in [3.8, 4) is 0 Å². The summed E-state index contributed by atoms with van der Waals surface area (Å²) in [6.07, 6.45) is 3.71. The number of benzene rings is 1. The number of aromatic amines is 1. The predicted molar refractivity (Wildman–Crippen MR) is 72.5 cm³/mol. The molecule has 19 heavy (non-hydrogen) atoms. The maximum atomic E-state index is 11.4. The molecule has 0 aliphatic rings. The lowest BCUT2D eigenvalue weighted by Gasteiger charge is -1.94. The van der Waals surface area contributed by atoms with Gasteiger partial charge in [0.05, 0.1) is 7.11 Å². The Balaban J connectivity index is 2.27. The van der Waals surface area contributed by atoms with Crippen molar-refractivity contribution in [2.45, 2.75) is 6.42 Å². The fourth-order valence-corrected chi connectivity index (χ4v) is 1.78. The van der Waals surface area contributed by atoms with E-state index < -0.39 is 5.97 Å². The first-order valence-corrected chi connectivity index (χ1v) is 5.76. The standard InChI is InChI=1S/C14H14N2O3/c1-19-14(18)12-8-10-6-5-9(7-11(10)16-12)3-2-4-13(15)17/h2-3,5-8,16H,4H2,1H3,(H2,15,17). The number of esters is 1. The van der Waals surface area contributed by atoms with E-state index in [1.807, 2.05) is 24.3 Å².